The van der Waals surface area contributed by atoms with Crippen LogP contribution in [0.4, 0.5) is 8.78 Å². The number of rotatable bonds is 3. The molecule has 1 aromatic heterocycles. The fourth-order valence-corrected chi connectivity index (χ4v) is 2.20. The van der Waals surface area contributed by atoms with Crippen molar-refractivity contribution in [3.63, 3.8) is 0 Å². The Hall–Kier alpha value is -1.95. The van der Waals surface area contributed by atoms with E-state index >= 15 is 0 Å². The van der Waals surface area contributed by atoms with E-state index in [1.165, 1.54) is 6.07 Å². The summed E-state index contributed by atoms with van der Waals surface area (Å²) in [5.41, 5.74) is 1.25. The van der Waals surface area contributed by atoms with E-state index in [1.54, 1.807) is 18.2 Å². The van der Waals surface area contributed by atoms with Crippen molar-refractivity contribution in [3.05, 3.63) is 36.3 Å². The number of hydrogen-bond acceptors (Lipinski definition) is 3. The van der Waals surface area contributed by atoms with Crippen molar-refractivity contribution >= 4 is 0 Å². The van der Waals surface area contributed by atoms with E-state index < -0.39 is 6.61 Å². The largest absolute Gasteiger partial charge is 0.434 e. The molecule has 0 atom stereocenters. The highest BCUT2D eigenvalue weighted by Crippen LogP contribution is 2.30. The van der Waals surface area contributed by atoms with Crippen molar-refractivity contribution in [1.82, 2.24) is 14.9 Å². The summed E-state index contributed by atoms with van der Waals surface area (Å²) in [5.74, 6) is 1.06. The molecular formula is C13H13F2N3O. The molecule has 3 rings (SSSR count). The van der Waals surface area contributed by atoms with Gasteiger partial charge >= 0.3 is 6.61 Å². The number of benzene rings is 1. The van der Waals surface area contributed by atoms with Gasteiger partial charge in [0.15, 0.2) is 0 Å². The van der Waals surface area contributed by atoms with E-state index in [-0.39, 0.29) is 5.75 Å². The number of imidazole rings is 1. The minimum absolute atomic E-state index is 0.154. The highest BCUT2D eigenvalue weighted by atomic mass is 19.3. The van der Waals surface area contributed by atoms with E-state index in [0.29, 0.717) is 17.8 Å². The molecular weight excluding hydrogens is 252 g/mol. The lowest BCUT2D eigenvalue weighted by atomic mass is 10.1. The number of ether oxygens (including phenoxy) is 1. The molecule has 0 bridgehead atoms. The van der Waals surface area contributed by atoms with Gasteiger partial charge in [-0.2, -0.15) is 8.78 Å². The van der Waals surface area contributed by atoms with Gasteiger partial charge in [-0.25, -0.2) is 4.98 Å². The Morgan fingerprint density at radius 2 is 2.16 bits per heavy atom. The Bertz CT molecular complexity index is 560. The fourth-order valence-electron chi connectivity index (χ4n) is 2.20. The zero-order valence-electron chi connectivity index (χ0n) is 10.1. The third-order valence-electron chi connectivity index (χ3n) is 3.05. The molecule has 6 heteroatoms. The normalized spacial score (nSPS) is 14.5. The van der Waals surface area contributed by atoms with E-state index in [1.807, 2.05) is 10.8 Å². The van der Waals surface area contributed by atoms with E-state index in [0.717, 1.165) is 18.9 Å². The number of hydrogen-bond donors (Lipinski definition) is 1. The molecule has 19 heavy (non-hydrogen) atoms. The van der Waals surface area contributed by atoms with Crippen molar-refractivity contribution in [3.8, 4) is 17.0 Å². The maximum absolute atomic E-state index is 12.4. The van der Waals surface area contributed by atoms with E-state index in [4.69, 9.17) is 0 Å². The molecule has 0 saturated heterocycles. The lowest BCUT2D eigenvalue weighted by molar-refractivity contribution is -0.0494. The van der Waals surface area contributed by atoms with Crippen LogP contribution in [-0.2, 0) is 13.1 Å². The number of halogens is 2. The standard InChI is InChI=1S/C13H13F2N3O/c14-13(15)19-11-4-2-1-3-9(11)10-8-18-6-5-16-7-12(18)17-10/h1-4,8,13,16H,5-7H2. The number of fused-ring (bicyclic) bond motifs is 1. The van der Waals surface area contributed by atoms with Gasteiger partial charge in [0, 0.05) is 24.8 Å². The van der Waals surface area contributed by atoms with Gasteiger partial charge in [-0.1, -0.05) is 12.1 Å². The Balaban J connectivity index is 1.99. The molecule has 0 fully saturated rings. The van der Waals surface area contributed by atoms with Crippen LogP contribution in [-0.4, -0.2) is 22.7 Å². The van der Waals surface area contributed by atoms with Crippen LogP contribution in [0.15, 0.2) is 30.5 Å². The molecule has 1 N–H and O–H groups in total. The molecule has 0 saturated carbocycles. The summed E-state index contributed by atoms with van der Waals surface area (Å²) in [4.78, 5) is 4.46. The molecule has 0 spiro atoms. The molecule has 2 heterocycles. The molecule has 2 aromatic rings. The first-order valence-electron chi connectivity index (χ1n) is 6.05. The lowest BCUT2D eigenvalue weighted by Crippen LogP contribution is -2.27. The number of nitrogens with zero attached hydrogens (tertiary/aromatic N) is 2. The second-order valence-electron chi connectivity index (χ2n) is 4.29. The van der Waals surface area contributed by atoms with Gasteiger partial charge in [0.2, 0.25) is 0 Å². The molecule has 0 radical (unpaired) electrons. The van der Waals surface area contributed by atoms with Crippen molar-refractivity contribution in [2.24, 2.45) is 0 Å². The second-order valence-corrected chi connectivity index (χ2v) is 4.29. The van der Waals surface area contributed by atoms with Gasteiger partial charge in [0.25, 0.3) is 0 Å². The zero-order chi connectivity index (χ0) is 13.2. The molecule has 0 amide bonds. The summed E-state index contributed by atoms with van der Waals surface area (Å²) < 4.78 is 31.3. The average molecular weight is 265 g/mol. The number of aromatic nitrogens is 2. The van der Waals surface area contributed by atoms with Gasteiger partial charge in [-0.15, -0.1) is 0 Å². The van der Waals surface area contributed by atoms with E-state index in [2.05, 4.69) is 15.0 Å². The molecule has 1 aromatic carbocycles. The molecule has 1 aliphatic heterocycles. The predicted octanol–water partition coefficient (Wildman–Crippen LogP) is 2.25. The van der Waals surface area contributed by atoms with Gasteiger partial charge in [-0.3, -0.25) is 0 Å². The highest BCUT2D eigenvalue weighted by molar-refractivity contribution is 5.66. The first kappa shape index (κ1) is 12.1. The van der Waals surface area contributed by atoms with Crippen molar-refractivity contribution in [2.75, 3.05) is 6.54 Å². The van der Waals surface area contributed by atoms with Crippen LogP contribution in [0.1, 0.15) is 5.82 Å². The fraction of sp³-hybridized carbons (Fsp3) is 0.308. The summed E-state index contributed by atoms with van der Waals surface area (Å²) in [5, 5.41) is 3.22. The maximum atomic E-state index is 12.4. The van der Waals surface area contributed by atoms with Crippen LogP contribution in [0.5, 0.6) is 5.75 Å². The van der Waals surface area contributed by atoms with Crippen molar-refractivity contribution in [1.29, 1.82) is 0 Å². The summed E-state index contributed by atoms with van der Waals surface area (Å²) in [6.45, 7) is -0.421. The number of nitrogens with one attached hydrogen (secondary N) is 1. The molecule has 1 aliphatic rings. The van der Waals surface area contributed by atoms with Gasteiger partial charge in [-0.05, 0) is 12.1 Å². The van der Waals surface area contributed by atoms with Crippen LogP contribution in [0.2, 0.25) is 0 Å². The quantitative estimate of drug-likeness (QED) is 0.925. The Morgan fingerprint density at radius 1 is 1.32 bits per heavy atom. The third kappa shape index (κ3) is 2.44. The molecule has 100 valence electrons. The maximum Gasteiger partial charge on any atom is 0.387 e. The van der Waals surface area contributed by atoms with Crippen LogP contribution in [0.25, 0.3) is 11.3 Å². The molecule has 4 nitrogen and oxygen atoms in total. The predicted molar refractivity (Wildman–Crippen MR) is 66.0 cm³/mol. The minimum atomic E-state index is -2.83. The Kier molecular flexibility index (Phi) is 3.16. The minimum Gasteiger partial charge on any atom is -0.434 e. The van der Waals surface area contributed by atoms with Crippen molar-refractivity contribution < 1.29 is 13.5 Å². The topological polar surface area (TPSA) is 39.1 Å². The SMILES string of the molecule is FC(F)Oc1ccccc1-c1cn2c(n1)CNCC2. The average Bonchev–Trinajstić information content (AvgIpc) is 2.82. The Morgan fingerprint density at radius 3 is 2.95 bits per heavy atom. The number of para-hydroxylation sites is 1. The van der Waals surface area contributed by atoms with Crippen LogP contribution >= 0.6 is 0 Å². The van der Waals surface area contributed by atoms with Gasteiger partial charge < -0.3 is 14.6 Å². The lowest BCUT2D eigenvalue weighted by Gasteiger charge is -2.13. The zero-order valence-corrected chi connectivity index (χ0v) is 10.1. The Labute approximate surface area is 109 Å². The third-order valence-corrected chi connectivity index (χ3v) is 3.05. The smallest absolute Gasteiger partial charge is 0.387 e. The summed E-state index contributed by atoms with van der Waals surface area (Å²) in [6, 6.07) is 6.71. The first-order chi connectivity index (χ1) is 9.24. The summed E-state index contributed by atoms with van der Waals surface area (Å²) >= 11 is 0. The monoisotopic (exact) mass is 265 g/mol. The number of alkyl halides is 2. The van der Waals surface area contributed by atoms with E-state index in [9.17, 15) is 8.78 Å². The van der Waals surface area contributed by atoms with Crippen LogP contribution in [0, 0.1) is 0 Å². The second kappa shape index (κ2) is 4.97. The van der Waals surface area contributed by atoms with Crippen LogP contribution in [0.3, 0.4) is 0 Å². The summed E-state index contributed by atoms with van der Waals surface area (Å²) in [6.07, 6.45) is 1.88. The van der Waals surface area contributed by atoms with Crippen LogP contribution < -0.4 is 10.1 Å². The van der Waals surface area contributed by atoms with Gasteiger partial charge in [0.1, 0.15) is 11.6 Å². The first-order valence-corrected chi connectivity index (χ1v) is 6.05. The summed E-state index contributed by atoms with van der Waals surface area (Å²) in [7, 11) is 0. The van der Waals surface area contributed by atoms with Gasteiger partial charge in [0.05, 0.1) is 12.2 Å². The molecule has 0 unspecified atom stereocenters. The molecule has 0 aliphatic carbocycles. The van der Waals surface area contributed by atoms with Crippen molar-refractivity contribution in [2.45, 2.75) is 19.7 Å². The highest BCUT2D eigenvalue weighted by Gasteiger charge is 2.16.